The molecule has 2 saturated carbocycles. The third kappa shape index (κ3) is 6.41. The molecule has 3 fully saturated rings. The Morgan fingerprint density at radius 3 is 2.09 bits per heavy atom. The van der Waals surface area contributed by atoms with Gasteiger partial charge in [-0.25, -0.2) is 8.78 Å². The molecule has 0 spiro atoms. The van der Waals surface area contributed by atoms with Crippen LogP contribution >= 0.6 is 0 Å². The summed E-state index contributed by atoms with van der Waals surface area (Å²) in [6.45, 7) is 5.56. The normalized spacial score (nSPS) is 33.7. The lowest BCUT2D eigenvalue weighted by Gasteiger charge is -2.38. The first-order valence-electron chi connectivity index (χ1n) is 12.9. The number of hydrogen-bond acceptors (Lipinski definition) is 2. The summed E-state index contributed by atoms with van der Waals surface area (Å²) in [6.07, 6.45) is 16.3. The Morgan fingerprint density at radius 2 is 1.44 bits per heavy atom. The van der Waals surface area contributed by atoms with Crippen LogP contribution in [0.25, 0.3) is 0 Å². The molecule has 1 heterocycles. The highest BCUT2D eigenvalue weighted by Crippen LogP contribution is 2.40. The standard InChI is InChI=1S/C28H40F2O2/c1-2-3-4-20-5-12-23(13-6-20)25-18-31-28(32-19-25)16-9-21-7-10-22(11-8-21)24-14-15-26(29)27(30)17-24/h2,14-15,17,20-23,25,28H,1,3-13,16,18-19H2/t20-,21-,22-,23-,25?,28?. The summed E-state index contributed by atoms with van der Waals surface area (Å²) < 4.78 is 39.0. The Labute approximate surface area is 192 Å². The number of allylic oxidation sites excluding steroid dienone is 1. The van der Waals surface area contributed by atoms with Gasteiger partial charge in [0.2, 0.25) is 0 Å². The van der Waals surface area contributed by atoms with Gasteiger partial charge in [0, 0.05) is 5.92 Å². The van der Waals surface area contributed by atoms with Gasteiger partial charge in [0.25, 0.3) is 0 Å². The van der Waals surface area contributed by atoms with Crippen LogP contribution in [0.15, 0.2) is 30.9 Å². The zero-order valence-electron chi connectivity index (χ0n) is 19.5. The average molecular weight is 447 g/mol. The van der Waals surface area contributed by atoms with E-state index < -0.39 is 11.6 Å². The molecule has 1 aromatic carbocycles. The van der Waals surface area contributed by atoms with E-state index in [1.54, 1.807) is 6.07 Å². The molecular formula is C28H40F2O2. The van der Waals surface area contributed by atoms with Crippen LogP contribution in [0.2, 0.25) is 0 Å². The van der Waals surface area contributed by atoms with E-state index in [0.717, 1.165) is 75.6 Å². The Kier molecular flexibility index (Phi) is 8.76. The van der Waals surface area contributed by atoms with Crippen LogP contribution in [0, 0.1) is 35.3 Å². The molecule has 2 aliphatic carbocycles. The minimum atomic E-state index is -0.756. The maximum Gasteiger partial charge on any atom is 0.159 e. The first-order chi connectivity index (χ1) is 15.6. The van der Waals surface area contributed by atoms with Crippen molar-refractivity contribution in [1.82, 2.24) is 0 Å². The minimum Gasteiger partial charge on any atom is -0.352 e. The van der Waals surface area contributed by atoms with Gasteiger partial charge in [-0.05, 0) is 106 Å². The second kappa shape index (κ2) is 11.7. The molecular weight excluding hydrogens is 406 g/mol. The first-order valence-corrected chi connectivity index (χ1v) is 12.9. The number of ether oxygens (including phenoxy) is 2. The van der Waals surface area contributed by atoms with Crippen molar-refractivity contribution in [2.24, 2.45) is 23.7 Å². The zero-order valence-corrected chi connectivity index (χ0v) is 19.5. The van der Waals surface area contributed by atoms with Crippen molar-refractivity contribution in [3.05, 3.63) is 48.1 Å². The minimum absolute atomic E-state index is 0.0425. The third-order valence-corrected chi connectivity index (χ3v) is 8.40. The third-order valence-electron chi connectivity index (χ3n) is 8.40. The van der Waals surface area contributed by atoms with Gasteiger partial charge in [-0.2, -0.15) is 0 Å². The molecule has 4 heteroatoms. The van der Waals surface area contributed by atoms with Gasteiger partial charge >= 0.3 is 0 Å². The van der Waals surface area contributed by atoms with Crippen molar-refractivity contribution in [3.8, 4) is 0 Å². The second-order valence-corrected chi connectivity index (χ2v) is 10.5. The highest BCUT2D eigenvalue weighted by atomic mass is 19.2. The fourth-order valence-electron chi connectivity index (χ4n) is 6.22. The van der Waals surface area contributed by atoms with Crippen molar-refractivity contribution in [2.75, 3.05) is 13.2 Å². The van der Waals surface area contributed by atoms with Crippen LogP contribution in [0.3, 0.4) is 0 Å². The fourth-order valence-corrected chi connectivity index (χ4v) is 6.22. The van der Waals surface area contributed by atoms with Crippen molar-refractivity contribution >= 4 is 0 Å². The second-order valence-electron chi connectivity index (χ2n) is 10.5. The maximum atomic E-state index is 13.5. The van der Waals surface area contributed by atoms with E-state index in [9.17, 15) is 8.78 Å². The summed E-state index contributed by atoms with van der Waals surface area (Å²) in [5.41, 5.74) is 0.946. The van der Waals surface area contributed by atoms with Crippen LogP contribution < -0.4 is 0 Å². The SMILES string of the molecule is C=CCC[C@H]1CC[C@H](C2COC(CC[C@H]3CC[C@H](c4ccc(F)c(F)c4)CC3)OC2)CC1. The molecule has 0 N–H and O–H groups in total. The van der Waals surface area contributed by atoms with E-state index in [0.29, 0.717) is 17.8 Å². The number of benzene rings is 1. The molecule has 0 amide bonds. The molecule has 0 bridgehead atoms. The summed E-state index contributed by atoms with van der Waals surface area (Å²) in [6, 6.07) is 4.39. The van der Waals surface area contributed by atoms with E-state index in [4.69, 9.17) is 9.47 Å². The van der Waals surface area contributed by atoms with Gasteiger partial charge in [0.15, 0.2) is 17.9 Å². The van der Waals surface area contributed by atoms with Crippen molar-refractivity contribution in [3.63, 3.8) is 0 Å². The van der Waals surface area contributed by atoms with Gasteiger partial charge in [0.05, 0.1) is 13.2 Å². The largest absolute Gasteiger partial charge is 0.352 e. The average Bonchev–Trinajstić information content (AvgIpc) is 2.84. The quantitative estimate of drug-likeness (QED) is 0.380. The highest BCUT2D eigenvalue weighted by Gasteiger charge is 2.32. The number of rotatable bonds is 8. The highest BCUT2D eigenvalue weighted by molar-refractivity contribution is 5.22. The Morgan fingerprint density at radius 1 is 0.781 bits per heavy atom. The molecule has 0 atom stereocenters. The zero-order chi connectivity index (χ0) is 22.3. The van der Waals surface area contributed by atoms with Gasteiger partial charge in [0.1, 0.15) is 0 Å². The van der Waals surface area contributed by atoms with Crippen molar-refractivity contribution in [2.45, 2.75) is 89.3 Å². The fraction of sp³-hybridized carbons (Fsp3) is 0.714. The van der Waals surface area contributed by atoms with Gasteiger partial charge < -0.3 is 9.47 Å². The maximum absolute atomic E-state index is 13.5. The van der Waals surface area contributed by atoms with Crippen LogP contribution in [-0.2, 0) is 9.47 Å². The number of halogens is 2. The topological polar surface area (TPSA) is 18.5 Å². The number of hydrogen-bond donors (Lipinski definition) is 0. The molecule has 0 radical (unpaired) electrons. The smallest absolute Gasteiger partial charge is 0.159 e. The Balaban J connectivity index is 1.11. The lowest BCUT2D eigenvalue weighted by molar-refractivity contribution is -0.213. The molecule has 3 aliphatic rings. The van der Waals surface area contributed by atoms with E-state index in [1.165, 1.54) is 44.2 Å². The summed E-state index contributed by atoms with van der Waals surface area (Å²) in [4.78, 5) is 0. The van der Waals surface area contributed by atoms with Gasteiger partial charge in [-0.15, -0.1) is 6.58 Å². The Bertz CT molecular complexity index is 712. The lowest BCUT2D eigenvalue weighted by atomic mass is 9.75. The molecule has 0 aromatic heterocycles. The molecule has 1 saturated heterocycles. The Hall–Kier alpha value is -1.26. The van der Waals surface area contributed by atoms with Crippen LogP contribution in [0.4, 0.5) is 8.78 Å². The van der Waals surface area contributed by atoms with Crippen LogP contribution in [-0.4, -0.2) is 19.5 Å². The van der Waals surface area contributed by atoms with E-state index in [-0.39, 0.29) is 6.29 Å². The molecule has 1 aromatic rings. The molecule has 1 aliphatic heterocycles. The summed E-state index contributed by atoms with van der Waals surface area (Å²) >= 11 is 0. The predicted molar refractivity (Wildman–Crippen MR) is 124 cm³/mol. The van der Waals surface area contributed by atoms with Crippen molar-refractivity contribution in [1.29, 1.82) is 0 Å². The van der Waals surface area contributed by atoms with Crippen molar-refractivity contribution < 1.29 is 18.3 Å². The van der Waals surface area contributed by atoms with E-state index in [2.05, 4.69) is 6.58 Å². The van der Waals surface area contributed by atoms with E-state index >= 15 is 0 Å². The van der Waals surface area contributed by atoms with E-state index in [1.807, 2.05) is 6.08 Å². The molecule has 32 heavy (non-hydrogen) atoms. The summed E-state index contributed by atoms with van der Waals surface area (Å²) in [7, 11) is 0. The van der Waals surface area contributed by atoms with Gasteiger partial charge in [-0.1, -0.05) is 25.0 Å². The lowest BCUT2D eigenvalue weighted by Crippen LogP contribution is -2.37. The molecule has 4 rings (SSSR count). The summed E-state index contributed by atoms with van der Waals surface area (Å²) in [5, 5.41) is 0. The molecule has 0 unspecified atom stereocenters. The predicted octanol–water partition coefficient (Wildman–Crippen LogP) is 7.78. The molecule has 178 valence electrons. The van der Waals surface area contributed by atoms with Crippen LogP contribution in [0.1, 0.15) is 88.5 Å². The first kappa shape index (κ1) is 23.9. The van der Waals surface area contributed by atoms with Gasteiger partial charge in [-0.3, -0.25) is 0 Å². The monoisotopic (exact) mass is 446 g/mol. The summed E-state index contributed by atoms with van der Waals surface area (Å²) in [5.74, 6) is 1.78. The van der Waals surface area contributed by atoms with Crippen LogP contribution in [0.5, 0.6) is 0 Å². The molecule has 2 nitrogen and oxygen atoms in total.